The van der Waals surface area contributed by atoms with Crippen molar-refractivity contribution >= 4 is 23.2 Å². The Morgan fingerprint density at radius 2 is 2.10 bits per heavy atom. The highest BCUT2D eigenvalue weighted by atomic mass is 32.1. The molecular formula is C14H21N3O2S. The van der Waals surface area contributed by atoms with Gasteiger partial charge in [0.05, 0.1) is 11.4 Å². The zero-order valence-corrected chi connectivity index (χ0v) is 12.5. The van der Waals surface area contributed by atoms with E-state index in [0.717, 1.165) is 32.4 Å². The van der Waals surface area contributed by atoms with Crippen molar-refractivity contribution in [2.45, 2.75) is 32.2 Å². The number of primary amides is 1. The molecule has 0 bridgehead atoms. The summed E-state index contributed by atoms with van der Waals surface area (Å²) in [5.41, 5.74) is 5.30. The SMILES string of the molecule is CCc1ccc(C(=O)N(CC(N)=O)C2CCNCC2)s1. The molecular weight excluding hydrogens is 274 g/mol. The third-order valence-electron chi connectivity index (χ3n) is 3.56. The molecule has 5 nitrogen and oxygen atoms in total. The average Bonchev–Trinajstić information content (AvgIpc) is 2.94. The lowest BCUT2D eigenvalue weighted by molar-refractivity contribution is -0.119. The summed E-state index contributed by atoms with van der Waals surface area (Å²) in [6, 6.07) is 3.92. The first-order chi connectivity index (χ1) is 9.61. The molecule has 2 heterocycles. The first-order valence-corrected chi connectivity index (χ1v) is 7.82. The molecule has 2 rings (SSSR count). The molecule has 0 radical (unpaired) electrons. The van der Waals surface area contributed by atoms with Crippen molar-refractivity contribution in [2.75, 3.05) is 19.6 Å². The summed E-state index contributed by atoms with van der Waals surface area (Å²) in [5.74, 6) is -0.524. The molecule has 1 fully saturated rings. The number of nitrogens with zero attached hydrogens (tertiary/aromatic N) is 1. The van der Waals surface area contributed by atoms with E-state index in [2.05, 4.69) is 12.2 Å². The van der Waals surface area contributed by atoms with E-state index < -0.39 is 5.91 Å². The fourth-order valence-corrected chi connectivity index (χ4v) is 3.38. The van der Waals surface area contributed by atoms with E-state index in [0.29, 0.717) is 4.88 Å². The molecule has 1 aromatic heterocycles. The minimum atomic E-state index is -0.454. The van der Waals surface area contributed by atoms with Gasteiger partial charge in [-0.25, -0.2) is 0 Å². The number of nitrogens with one attached hydrogen (secondary N) is 1. The molecule has 6 heteroatoms. The molecule has 20 heavy (non-hydrogen) atoms. The highest BCUT2D eigenvalue weighted by Gasteiger charge is 2.28. The lowest BCUT2D eigenvalue weighted by Gasteiger charge is -2.33. The van der Waals surface area contributed by atoms with Gasteiger partial charge in [0.2, 0.25) is 5.91 Å². The van der Waals surface area contributed by atoms with Gasteiger partial charge < -0.3 is 16.0 Å². The fourth-order valence-electron chi connectivity index (χ4n) is 2.48. The summed E-state index contributed by atoms with van der Waals surface area (Å²) < 4.78 is 0. The highest BCUT2D eigenvalue weighted by molar-refractivity contribution is 7.14. The number of carbonyl (C=O) groups is 2. The minimum absolute atomic E-state index is 0.00284. The maximum atomic E-state index is 12.6. The van der Waals surface area contributed by atoms with Crippen molar-refractivity contribution in [1.29, 1.82) is 0 Å². The topological polar surface area (TPSA) is 75.4 Å². The van der Waals surface area contributed by atoms with Crippen LogP contribution in [0.2, 0.25) is 0 Å². The molecule has 0 spiro atoms. The summed E-state index contributed by atoms with van der Waals surface area (Å²) in [4.78, 5) is 27.4. The Balaban J connectivity index is 2.16. The second kappa shape index (κ2) is 6.85. The number of hydrogen-bond acceptors (Lipinski definition) is 4. The van der Waals surface area contributed by atoms with Gasteiger partial charge in [0, 0.05) is 10.9 Å². The molecule has 0 aromatic carbocycles. The van der Waals surface area contributed by atoms with Crippen LogP contribution in [0.3, 0.4) is 0 Å². The van der Waals surface area contributed by atoms with Crippen LogP contribution in [0.1, 0.15) is 34.3 Å². The maximum absolute atomic E-state index is 12.6. The van der Waals surface area contributed by atoms with Crippen molar-refractivity contribution in [3.05, 3.63) is 21.9 Å². The predicted octanol–water partition coefficient (Wildman–Crippen LogP) is 0.990. The Hall–Kier alpha value is -1.40. The Labute approximate surface area is 123 Å². The van der Waals surface area contributed by atoms with Crippen molar-refractivity contribution < 1.29 is 9.59 Å². The first-order valence-electron chi connectivity index (χ1n) is 7.00. The molecule has 0 saturated carbocycles. The molecule has 1 aliphatic rings. The number of hydrogen-bond donors (Lipinski definition) is 2. The second-order valence-corrected chi connectivity index (χ2v) is 6.17. The van der Waals surface area contributed by atoms with Crippen molar-refractivity contribution in [3.63, 3.8) is 0 Å². The van der Waals surface area contributed by atoms with Gasteiger partial charge in [0.15, 0.2) is 0 Å². The number of aryl methyl sites for hydroxylation is 1. The van der Waals surface area contributed by atoms with Crippen LogP contribution in [-0.2, 0) is 11.2 Å². The Morgan fingerprint density at radius 1 is 1.40 bits per heavy atom. The van der Waals surface area contributed by atoms with E-state index in [9.17, 15) is 9.59 Å². The highest BCUT2D eigenvalue weighted by Crippen LogP contribution is 2.21. The molecule has 0 aliphatic carbocycles. The van der Waals surface area contributed by atoms with Gasteiger partial charge in [-0.15, -0.1) is 11.3 Å². The largest absolute Gasteiger partial charge is 0.368 e. The minimum Gasteiger partial charge on any atom is -0.368 e. The number of amides is 2. The first kappa shape index (κ1) is 15.0. The smallest absolute Gasteiger partial charge is 0.264 e. The number of rotatable bonds is 5. The van der Waals surface area contributed by atoms with Crippen LogP contribution in [0.25, 0.3) is 0 Å². The van der Waals surface area contributed by atoms with Gasteiger partial charge in [0.1, 0.15) is 0 Å². The molecule has 0 atom stereocenters. The summed E-state index contributed by atoms with van der Waals surface area (Å²) in [5, 5.41) is 3.26. The van der Waals surface area contributed by atoms with Crippen LogP contribution >= 0.6 is 11.3 Å². The Bertz CT molecular complexity index is 481. The number of carbonyl (C=O) groups excluding carboxylic acids is 2. The molecule has 3 N–H and O–H groups in total. The van der Waals surface area contributed by atoms with E-state index in [1.54, 1.807) is 4.90 Å². The lowest BCUT2D eigenvalue weighted by Crippen LogP contribution is -2.49. The van der Waals surface area contributed by atoms with E-state index in [4.69, 9.17) is 5.73 Å². The zero-order valence-electron chi connectivity index (χ0n) is 11.7. The van der Waals surface area contributed by atoms with E-state index in [1.165, 1.54) is 16.2 Å². The molecule has 1 saturated heterocycles. The number of thiophene rings is 1. The number of nitrogens with two attached hydrogens (primary N) is 1. The van der Waals surface area contributed by atoms with Crippen LogP contribution in [0.15, 0.2) is 12.1 Å². The molecule has 1 aliphatic heterocycles. The van der Waals surface area contributed by atoms with E-state index >= 15 is 0 Å². The van der Waals surface area contributed by atoms with Gasteiger partial charge in [-0.3, -0.25) is 9.59 Å². The second-order valence-electron chi connectivity index (χ2n) is 5.00. The standard InChI is InChI=1S/C14H21N3O2S/c1-2-11-3-4-12(20-11)14(19)17(9-13(15)18)10-5-7-16-8-6-10/h3-4,10,16H,2,5-9H2,1H3,(H2,15,18). The third-order valence-corrected chi connectivity index (χ3v) is 4.77. The maximum Gasteiger partial charge on any atom is 0.264 e. The van der Waals surface area contributed by atoms with Gasteiger partial charge in [-0.05, 0) is 44.5 Å². The quantitative estimate of drug-likeness (QED) is 0.850. The predicted molar refractivity (Wildman–Crippen MR) is 79.8 cm³/mol. The Morgan fingerprint density at radius 3 is 2.65 bits per heavy atom. The molecule has 1 aromatic rings. The van der Waals surface area contributed by atoms with Gasteiger partial charge in [0.25, 0.3) is 5.91 Å². The summed E-state index contributed by atoms with van der Waals surface area (Å²) in [6.07, 6.45) is 2.65. The van der Waals surface area contributed by atoms with E-state index in [1.807, 2.05) is 12.1 Å². The van der Waals surface area contributed by atoms with Crippen LogP contribution in [0.4, 0.5) is 0 Å². The summed E-state index contributed by atoms with van der Waals surface area (Å²) in [7, 11) is 0. The average molecular weight is 295 g/mol. The van der Waals surface area contributed by atoms with Crippen LogP contribution in [0.5, 0.6) is 0 Å². The summed E-state index contributed by atoms with van der Waals surface area (Å²) in [6.45, 7) is 3.81. The fraction of sp³-hybridized carbons (Fsp3) is 0.571. The lowest BCUT2D eigenvalue weighted by atomic mass is 10.0. The van der Waals surface area contributed by atoms with Gasteiger partial charge in [-0.2, -0.15) is 0 Å². The molecule has 110 valence electrons. The van der Waals surface area contributed by atoms with Crippen LogP contribution in [-0.4, -0.2) is 42.4 Å². The van der Waals surface area contributed by atoms with Crippen molar-refractivity contribution in [1.82, 2.24) is 10.2 Å². The van der Waals surface area contributed by atoms with Crippen LogP contribution in [0, 0.1) is 0 Å². The molecule has 0 unspecified atom stereocenters. The number of piperidine rings is 1. The molecule has 2 amide bonds. The van der Waals surface area contributed by atoms with Crippen LogP contribution < -0.4 is 11.1 Å². The van der Waals surface area contributed by atoms with Crippen molar-refractivity contribution in [3.8, 4) is 0 Å². The normalized spacial score (nSPS) is 16.1. The summed E-state index contributed by atoms with van der Waals surface area (Å²) >= 11 is 1.50. The third kappa shape index (κ3) is 3.58. The van der Waals surface area contributed by atoms with Crippen molar-refractivity contribution in [2.24, 2.45) is 5.73 Å². The van der Waals surface area contributed by atoms with E-state index in [-0.39, 0.29) is 18.5 Å². The zero-order chi connectivity index (χ0) is 14.5. The monoisotopic (exact) mass is 295 g/mol. The Kier molecular flexibility index (Phi) is 5.14. The van der Waals surface area contributed by atoms with Gasteiger partial charge >= 0.3 is 0 Å². The van der Waals surface area contributed by atoms with Gasteiger partial charge in [-0.1, -0.05) is 6.92 Å².